The Balaban J connectivity index is 1.94. The molecule has 114 valence electrons. The Morgan fingerprint density at radius 1 is 1.15 bits per heavy atom. The van der Waals surface area contributed by atoms with Crippen LogP contribution in [0.25, 0.3) is 0 Å². The lowest BCUT2D eigenvalue weighted by atomic mass is 9.64. The van der Waals surface area contributed by atoms with Gasteiger partial charge in [0.1, 0.15) is 5.60 Å². The molecular weight excluding hydrogens is 248 g/mol. The molecule has 3 fully saturated rings. The highest BCUT2D eigenvalue weighted by atomic mass is 16.6. The molecule has 3 aliphatic carbocycles. The predicted molar refractivity (Wildman–Crippen MR) is 80.2 cm³/mol. The highest BCUT2D eigenvalue weighted by molar-refractivity contribution is 5.69. The van der Waals surface area contributed by atoms with Crippen molar-refractivity contribution in [3.8, 4) is 0 Å². The second-order valence-corrected chi connectivity index (χ2v) is 8.48. The zero-order valence-corrected chi connectivity index (χ0v) is 13.8. The maximum Gasteiger partial charge on any atom is 0.306 e. The van der Waals surface area contributed by atoms with Gasteiger partial charge in [0.15, 0.2) is 0 Å². The first-order valence-electron chi connectivity index (χ1n) is 8.48. The highest BCUT2D eigenvalue weighted by Gasteiger charge is 2.68. The number of esters is 1. The van der Waals surface area contributed by atoms with Gasteiger partial charge in [-0.15, -0.1) is 0 Å². The Morgan fingerprint density at radius 2 is 1.85 bits per heavy atom. The molecule has 0 N–H and O–H groups in total. The summed E-state index contributed by atoms with van der Waals surface area (Å²) >= 11 is 0. The van der Waals surface area contributed by atoms with Gasteiger partial charge in [-0.25, -0.2) is 0 Å². The van der Waals surface area contributed by atoms with E-state index in [2.05, 4.69) is 27.7 Å². The van der Waals surface area contributed by atoms with Gasteiger partial charge in [0.25, 0.3) is 0 Å². The van der Waals surface area contributed by atoms with Crippen molar-refractivity contribution in [1.29, 1.82) is 0 Å². The van der Waals surface area contributed by atoms with Crippen LogP contribution in [0.5, 0.6) is 0 Å². The largest absolute Gasteiger partial charge is 0.459 e. The molecular formula is C18H30O2. The van der Waals surface area contributed by atoms with E-state index in [1.54, 1.807) is 0 Å². The first-order chi connectivity index (χ1) is 9.26. The molecule has 0 aromatic rings. The molecule has 0 heterocycles. The van der Waals surface area contributed by atoms with Crippen molar-refractivity contribution in [3.63, 3.8) is 0 Å². The Bertz CT molecular complexity index is 427. The van der Waals surface area contributed by atoms with E-state index in [0.717, 1.165) is 18.3 Å². The number of hydrogen-bond donors (Lipinski definition) is 0. The van der Waals surface area contributed by atoms with Gasteiger partial charge < -0.3 is 4.74 Å². The molecule has 2 bridgehead atoms. The standard InChI is InChI=1S/C18H30O2/c1-6-15(19)20-17(5)9-10-18-11-14(17)16(3,4)13(18)8-7-12(18)2/h12-14H,6-11H2,1-5H3/t12-,13+,14-,17+,18+/m1/s1. The van der Waals surface area contributed by atoms with Crippen LogP contribution in [0.3, 0.4) is 0 Å². The maximum absolute atomic E-state index is 11.9. The number of rotatable bonds is 2. The summed E-state index contributed by atoms with van der Waals surface area (Å²) < 4.78 is 5.95. The van der Waals surface area contributed by atoms with Gasteiger partial charge in [0.05, 0.1) is 0 Å². The van der Waals surface area contributed by atoms with Gasteiger partial charge >= 0.3 is 5.97 Å². The summed E-state index contributed by atoms with van der Waals surface area (Å²) in [6.45, 7) is 11.4. The SMILES string of the molecule is CCC(=O)O[C@@]1(C)CC[C@@]23C[C@@H]1C(C)(C)[C@@H]2CC[C@H]3C. The highest BCUT2D eigenvalue weighted by Crippen LogP contribution is 2.73. The average Bonchev–Trinajstić information content (AvgIpc) is 2.80. The Hall–Kier alpha value is -0.530. The quantitative estimate of drug-likeness (QED) is 0.692. The van der Waals surface area contributed by atoms with Crippen molar-refractivity contribution >= 4 is 5.97 Å². The Kier molecular flexibility index (Phi) is 3.05. The van der Waals surface area contributed by atoms with Crippen LogP contribution in [0.2, 0.25) is 0 Å². The summed E-state index contributed by atoms with van der Waals surface area (Å²) in [6, 6.07) is 0. The average molecular weight is 278 g/mol. The fraction of sp³-hybridized carbons (Fsp3) is 0.944. The van der Waals surface area contributed by atoms with Crippen molar-refractivity contribution in [2.24, 2.45) is 28.6 Å². The van der Waals surface area contributed by atoms with Crippen molar-refractivity contribution in [1.82, 2.24) is 0 Å². The van der Waals surface area contributed by atoms with Crippen LogP contribution >= 0.6 is 0 Å². The van der Waals surface area contributed by atoms with Gasteiger partial charge in [-0.1, -0.05) is 27.7 Å². The van der Waals surface area contributed by atoms with Gasteiger partial charge in [0.2, 0.25) is 0 Å². The molecule has 0 radical (unpaired) electrons. The summed E-state index contributed by atoms with van der Waals surface area (Å²) in [7, 11) is 0. The molecule has 0 saturated heterocycles. The third-order valence-corrected chi connectivity index (χ3v) is 7.40. The molecule has 0 unspecified atom stereocenters. The molecule has 2 heteroatoms. The van der Waals surface area contributed by atoms with E-state index in [1.165, 1.54) is 25.7 Å². The van der Waals surface area contributed by atoms with E-state index in [4.69, 9.17) is 4.74 Å². The van der Waals surface area contributed by atoms with Crippen LogP contribution in [0.1, 0.15) is 73.1 Å². The Morgan fingerprint density at radius 3 is 2.50 bits per heavy atom. The molecule has 3 saturated carbocycles. The molecule has 0 aliphatic heterocycles. The summed E-state index contributed by atoms with van der Waals surface area (Å²) in [5.41, 5.74) is 0.627. The fourth-order valence-corrected chi connectivity index (χ4v) is 6.31. The molecule has 3 rings (SSSR count). The number of carbonyl (C=O) groups excluding carboxylic acids is 1. The van der Waals surface area contributed by atoms with Crippen LogP contribution in [0, 0.1) is 28.6 Å². The molecule has 5 atom stereocenters. The van der Waals surface area contributed by atoms with Gasteiger partial charge in [-0.3, -0.25) is 4.79 Å². The van der Waals surface area contributed by atoms with E-state index in [1.807, 2.05) is 6.92 Å². The maximum atomic E-state index is 11.9. The molecule has 0 amide bonds. The second-order valence-electron chi connectivity index (χ2n) is 8.48. The third-order valence-electron chi connectivity index (χ3n) is 7.40. The predicted octanol–water partition coefficient (Wildman–Crippen LogP) is 4.57. The van der Waals surface area contributed by atoms with Crippen LogP contribution in [0.15, 0.2) is 0 Å². The van der Waals surface area contributed by atoms with Crippen LogP contribution in [-0.2, 0) is 9.53 Å². The normalized spacial score (nSPS) is 49.0. The van der Waals surface area contributed by atoms with Crippen LogP contribution in [-0.4, -0.2) is 11.6 Å². The molecule has 20 heavy (non-hydrogen) atoms. The summed E-state index contributed by atoms with van der Waals surface area (Å²) in [5, 5.41) is 0. The zero-order valence-electron chi connectivity index (χ0n) is 13.8. The molecule has 3 aliphatic rings. The van der Waals surface area contributed by atoms with Gasteiger partial charge in [-0.2, -0.15) is 0 Å². The van der Waals surface area contributed by atoms with Crippen molar-refractivity contribution < 1.29 is 9.53 Å². The van der Waals surface area contributed by atoms with Gasteiger partial charge in [0, 0.05) is 12.3 Å². The smallest absolute Gasteiger partial charge is 0.306 e. The zero-order chi connectivity index (χ0) is 14.8. The molecule has 2 nitrogen and oxygen atoms in total. The minimum absolute atomic E-state index is 0.0237. The first-order valence-corrected chi connectivity index (χ1v) is 8.48. The third kappa shape index (κ3) is 1.66. The second kappa shape index (κ2) is 4.24. The number of ether oxygens (including phenoxy) is 1. The molecule has 1 spiro atoms. The van der Waals surface area contributed by atoms with Gasteiger partial charge in [-0.05, 0) is 61.7 Å². The monoisotopic (exact) mass is 278 g/mol. The first kappa shape index (κ1) is 14.4. The van der Waals surface area contributed by atoms with Crippen LogP contribution < -0.4 is 0 Å². The van der Waals surface area contributed by atoms with E-state index in [0.29, 0.717) is 23.2 Å². The lowest BCUT2D eigenvalue weighted by molar-refractivity contribution is -0.173. The van der Waals surface area contributed by atoms with Crippen LogP contribution in [0.4, 0.5) is 0 Å². The van der Waals surface area contributed by atoms with Crippen molar-refractivity contribution in [2.45, 2.75) is 78.7 Å². The topological polar surface area (TPSA) is 26.3 Å². The van der Waals surface area contributed by atoms with Crippen molar-refractivity contribution in [2.75, 3.05) is 0 Å². The Labute approximate surface area is 123 Å². The molecule has 0 aromatic carbocycles. The number of fused-ring (bicyclic) bond motifs is 1. The molecule has 0 aromatic heterocycles. The van der Waals surface area contributed by atoms with Crippen molar-refractivity contribution in [3.05, 3.63) is 0 Å². The van der Waals surface area contributed by atoms with E-state index in [9.17, 15) is 4.79 Å². The summed E-state index contributed by atoms with van der Waals surface area (Å²) in [6.07, 6.45) is 6.86. The van der Waals surface area contributed by atoms with E-state index < -0.39 is 0 Å². The lowest BCUT2D eigenvalue weighted by Gasteiger charge is -2.46. The van der Waals surface area contributed by atoms with E-state index in [-0.39, 0.29) is 11.6 Å². The number of hydrogen-bond acceptors (Lipinski definition) is 2. The minimum atomic E-state index is -0.230. The van der Waals surface area contributed by atoms with E-state index >= 15 is 0 Å². The minimum Gasteiger partial charge on any atom is -0.459 e. The number of carbonyl (C=O) groups is 1. The lowest BCUT2D eigenvalue weighted by Crippen LogP contribution is -2.47. The fourth-order valence-electron chi connectivity index (χ4n) is 6.31. The summed E-state index contributed by atoms with van der Waals surface area (Å²) in [4.78, 5) is 11.9. The summed E-state index contributed by atoms with van der Waals surface area (Å²) in [5.74, 6) is 2.19.